The molecule has 0 spiro atoms. The molecule has 20 heavy (non-hydrogen) atoms. The molecule has 0 saturated heterocycles. The highest BCUT2D eigenvalue weighted by molar-refractivity contribution is 7.93. The van der Waals surface area contributed by atoms with Crippen molar-refractivity contribution in [2.45, 2.75) is 30.9 Å². The Labute approximate surface area is 118 Å². The van der Waals surface area contributed by atoms with Crippen LogP contribution in [0.25, 0.3) is 0 Å². The molecule has 7 heteroatoms. The van der Waals surface area contributed by atoms with E-state index in [1.165, 1.54) is 7.11 Å². The summed E-state index contributed by atoms with van der Waals surface area (Å²) in [5.74, 6) is -0.233. The van der Waals surface area contributed by atoms with E-state index in [1.54, 1.807) is 12.3 Å². The summed E-state index contributed by atoms with van der Waals surface area (Å²) in [5.41, 5.74) is 1.25. The number of nitrogens with one attached hydrogen (secondary N) is 1. The molecule has 1 saturated carbocycles. The second-order valence-electron chi connectivity index (χ2n) is 5.14. The van der Waals surface area contributed by atoms with Crippen LogP contribution in [0, 0.1) is 6.92 Å². The molecule has 2 rings (SSSR count). The third-order valence-electron chi connectivity index (χ3n) is 3.71. The van der Waals surface area contributed by atoms with E-state index < -0.39 is 20.5 Å². The Bertz CT molecular complexity index is 636. The molecule has 1 amide bonds. The van der Waals surface area contributed by atoms with E-state index in [0.717, 1.165) is 18.2 Å². The molecule has 0 radical (unpaired) electrons. The summed E-state index contributed by atoms with van der Waals surface area (Å²) in [5, 5.41) is 2.65. The Morgan fingerprint density at radius 1 is 1.45 bits per heavy atom. The number of hydrogen-bond donors (Lipinski definition) is 1. The number of aromatic nitrogens is 1. The molecule has 0 bridgehead atoms. The van der Waals surface area contributed by atoms with Gasteiger partial charge in [-0.3, -0.25) is 4.79 Å². The van der Waals surface area contributed by atoms with Crippen molar-refractivity contribution in [2.75, 3.05) is 18.7 Å². The number of carbonyl (C=O) groups excluding carboxylic acids is 1. The number of nitrogens with zero attached hydrogens (tertiary/aromatic N) is 1. The van der Waals surface area contributed by atoms with Gasteiger partial charge in [-0.2, -0.15) is 0 Å². The van der Waals surface area contributed by atoms with Gasteiger partial charge in [-0.15, -0.1) is 0 Å². The van der Waals surface area contributed by atoms with Gasteiger partial charge in [0.2, 0.25) is 11.8 Å². The lowest BCUT2D eigenvalue weighted by Crippen LogP contribution is -2.54. The first kappa shape index (κ1) is 14.8. The third-order valence-corrected chi connectivity index (χ3v) is 5.73. The summed E-state index contributed by atoms with van der Waals surface area (Å²) < 4.78 is 27.5. The Hall–Kier alpha value is -1.63. The predicted molar refractivity (Wildman–Crippen MR) is 75.6 cm³/mol. The van der Waals surface area contributed by atoms with Crippen molar-refractivity contribution in [1.29, 1.82) is 0 Å². The number of ether oxygens (including phenoxy) is 1. The van der Waals surface area contributed by atoms with Gasteiger partial charge in [-0.05, 0) is 37.8 Å². The number of carbonyl (C=O) groups is 1. The van der Waals surface area contributed by atoms with Crippen LogP contribution in [0.2, 0.25) is 0 Å². The number of amides is 1. The number of pyridine rings is 1. The molecule has 110 valence electrons. The summed E-state index contributed by atoms with van der Waals surface area (Å²) in [6.45, 7) is 1.83. The second kappa shape index (κ2) is 5.05. The largest absolute Gasteiger partial charge is 0.480 e. The summed E-state index contributed by atoms with van der Waals surface area (Å²) >= 11 is 0. The topological polar surface area (TPSA) is 85.4 Å². The zero-order chi connectivity index (χ0) is 15.0. The predicted octanol–water partition coefficient (Wildman–Crippen LogP) is 1.30. The summed E-state index contributed by atoms with van der Waals surface area (Å²) in [6.07, 6.45) is 4.18. The fourth-order valence-electron chi connectivity index (χ4n) is 2.31. The normalized spacial score (nSPS) is 17.1. The Morgan fingerprint density at radius 2 is 2.10 bits per heavy atom. The van der Waals surface area contributed by atoms with Crippen LogP contribution in [-0.2, 0) is 14.6 Å². The minimum absolute atomic E-state index is 0.270. The lowest BCUT2D eigenvalue weighted by Gasteiger charge is -2.38. The van der Waals surface area contributed by atoms with Gasteiger partial charge >= 0.3 is 0 Å². The van der Waals surface area contributed by atoms with Crippen molar-refractivity contribution in [3.63, 3.8) is 0 Å². The van der Waals surface area contributed by atoms with Crippen LogP contribution in [0.15, 0.2) is 12.3 Å². The lowest BCUT2D eigenvalue weighted by molar-refractivity contribution is -0.120. The molecule has 0 atom stereocenters. The number of methoxy groups -OCH3 is 1. The molecule has 0 unspecified atom stereocenters. The summed E-state index contributed by atoms with van der Waals surface area (Å²) in [4.78, 5) is 16.4. The number of sulfone groups is 1. The number of rotatable bonds is 4. The van der Waals surface area contributed by atoms with Gasteiger partial charge in [0.15, 0.2) is 14.6 Å². The highest BCUT2D eigenvalue weighted by Crippen LogP contribution is 2.40. The van der Waals surface area contributed by atoms with Crippen molar-refractivity contribution in [2.24, 2.45) is 0 Å². The minimum atomic E-state index is -3.45. The molecule has 1 aromatic heterocycles. The zero-order valence-electron chi connectivity index (χ0n) is 11.8. The molecular formula is C13H18N2O4S. The van der Waals surface area contributed by atoms with Gasteiger partial charge in [-0.1, -0.05) is 0 Å². The van der Waals surface area contributed by atoms with Gasteiger partial charge in [0, 0.05) is 12.5 Å². The Kier molecular flexibility index (Phi) is 3.73. The zero-order valence-corrected chi connectivity index (χ0v) is 12.6. The van der Waals surface area contributed by atoms with E-state index in [9.17, 15) is 13.2 Å². The summed E-state index contributed by atoms with van der Waals surface area (Å²) in [7, 11) is -2.00. The maximum Gasteiger partial charge on any atom is 0.245 e. The molecule has 1 aromatic rings. The van der Waals surface area contributed by atoms with Crippen LogP contribution >= 0.6 is 0 Å². The molecule has 0 aromatic carbocycles. The van der Waals surface area contributed by atoms with Gasteiger partial charge < -0.3 is 10.1 Å². The average Bonchev–Trinajstić information content (AvgIpc) is 2.25. The minimum Gasteiger partial charge on any atom is -0.480 e. The molecule has 1 heterocycles. The van der Waals surface area contributed by atoms with Crippen molar-refractivity contribution in [3.8, 4) is 5.88 Å². The molecule has 1 aliphatic rings. The SMILES string of the molecule is COc1ncc(C)cc1NC(=O)C1(S(C)(=O)=O)CCC1. The van der Waals surface area contributed by atoms with Crippen LogP contribution in [0.5, 0.6) is 5.88 Å². The number of hydrogen-bond acceptors (Lipinski definition) is 5. The molecule has 1 N–H and O–H groups in total. The first-order valence-corrected chi connectivity index (χ1v) is 8.21. The lowest BCUT2D eigenvalue weighted by atomic mass is 9.83. The van der Waals surface area contributed by atoms with E-state index in [-0.39, 0.29) is 5.88 Å². The van der Waals surface area contributed by atoms with Crippen molar-refractivity contribution in [3.05, 3.63) is 17.8 Å². The van der Waals surface area contributed by atoms with Crippen LogP contribution < -0.4 is 10.1 Å². The molecule has 1 fully saturated rings. The van der Waals surface area contributed by atoms with Crippen molar-refractivity contribution < 1.29 is 17.9 Å². The highest BCUT2D eigenvalue weighted by atomic mass is 32.2. The number of aryl methyl sites for hydroxylation is 1. The van der Waals surface area contributed by atoms with Crippen LogP contribution in [0.4, 0.5) is 5.69 Å². The third kappa shape index (κ3) is 2.37. The van der Waals surface area contributed by atoms with Gasteiger partial charge in [0.05, 0.1) is 7.11 Å². The van der Waals surface area contributed by atoms with E-state index in [2.05, 4.69) is 10.3 Å². The fraction of sp³-hybridized carbons (Fsp3) is 0.538. The fourth-order valence-corrected chi connectivity index (χ4v) is 3.73. The first-order chi connectivity index (χ1) is 9.30. The molecule has 1 aliphatic carbocycles. The van der Waals surface area contributed by atoms with Crippen molar-refractivity contribution >= 4 is 21.4 Å². The monoisotopic (exact) mass is 298 g/mol. The van der Waals surface area contributed by atoms with Crippen LogP contribution in [0.1, 0.15) is 24.8 Å². The van der Waals surface area contributed by atoms with Gasteiger partial charge in [-0.25, -0.2) is 13.4 Å². The smallest absolute Gasteiger partial charge is 0.245 e. The van der Waals surface area contributed by atoms with Gasteiger partial charge in [0.1, 0.15) is 5.69 Å². The van der Waals surface area contributed by atoms with Crippen LogP contribution in [0.3, 0.4) is 0 Å². The van der Waals surface area contributed by atoms with E-state index in [1.807, 2.05) is 6.92 Å². The van der Waals surface area contributed by atoms with Crippen LogP contribution in [-0.4, -0.2) is 37.4 Å². The maximum atomic E-state index is 12.4. The quantitative estimate of drug-likeness (QED) is 0.905. The maximum absolute atomic E-state index is 12.4. The Balaban J connectivity index is 2.31. The average molecular weight is 298 g/mol. The standard InChI is InChI=1S/C13H18N2O4S/c1-9-7-10(11(19-2)14-8-9)15-12(16)13(5-4-6-13)20(3,17)18/h7-8H,4-6H2,1-3H3,(H,15,16). The van der Waals surface area contributed by atoms with E-state index in [0.29, 0.717) is 18.5 Å². The van der Waals surface area contributed by atoms with Gasteiger partial charge in [0.25, 0.3) is 0 Å². The molecular weight excluding hydrogens is 280 g/mol. The first-order valence-electron chi connectivity index (χ1n) is 6.32. The van der Waals surface area contributed by atoms with E-state index >= 15 is 0 Å². The molecule has 6 nitrogen and oxygen atoms in total. The second-order valence-corrected chi connectivity index (χ2v) is 7.47. The van der Waals surface area contributed by atoms with Crippen molar-refractivity contribution in [1.82, 2.24) is 4.98 Å². The number of anilines is 1. The Morgan fingerprint density at radius 3 is 2.55 bits per heavy atom. The van der Waals surface area contributed by atoms with E-state index in [4.69, 9.17) is 4.74 Å². The molecule has 0 aliphatic heterocycles. The highest BCUT2D eigenvalue weighted by Gasteiger charge is 2.53. The summed E-state index contributed by atoms with van der Waals surface area (Å²) in [6, 6.07) is 1.71.